The highest BCUT2D eigenvalue weighted by Crippen LogP contribution is 2.23. The van der Waals surface area contributed by atoms with E-state index in [9.17, 15) is 0 Å². The van der Waals surface area contributed by atoms with E-state index in [1.54, 1.807) is 7.11 Å². The monoisotopic (exact) mass is 576 g/mol. The molecule has 1 atom stereocenters. The van der Waals surface area contributed by atoms with Crippen LogP contribution in [0, 0.1) is 5.92 Å². The summed E-state index contributed by atoms with van der Waals surface area (Å²) in [5.74, 6) is 1.40. The van der Waals surface area contributed by atoms with E-state index >= 15 is 0 Å². The quantitative estimate of drug-likeness (QED) is 0.0975. The zero-order valence-electron chi connectivity index (χ0n) is 24.6. The van der Waals surface area contributed by atoms with Crippen molar-refractivity contribution in [2.75, 3.05) is 33.4 Å². The van der Waals surface area contributed by atoms with Crippen LogP contribution in [-0.2, 0) is 16.2 Å². The second-order valence-electron chi connectivity index (χ2n) is 11.0. The van der Waals surface area contributed by atoms with E-state index in [0.29, 0.717) is 17.5 Å². The lowest BCUT2D eigenvalue weighted by atomic mass is 9.97. The summed E-state index contributed by atoms with van der Waals surface area (Å²) in [6.07, 6.45) is 8.81. The van der Waals surface area contributed by atoms with Gasteiger partial charge in [-0.2, -0.15) is 0 Å². The zero-order chi connectivity index (χ0) is 28.7. The Balaban J connectivity index is 1.26. The fourth-order valence-corrected chi connectivity index (χ4v) is 5.48. The first-order chi connectivity index (χ1) is 20.1. The van der Waals surface area contributed by atoms with Gasteiger partial charge in [0.1, 0.15) is 18.6 Å². The Morgan fingerprint density at radius 1 is 0.927 bits per heavy atom. The molecule has 41 heavy (non-hydrogen) atoms. The van der Waals surface area contributed by atoms with Crippen molar-refractivity contribution in [1.29, 1.82) is 0 Å². The van der Waals surface area contributed by atoms with Gasteiger partial charge in [0.15, 0.2) is 0 Å². The Bertz CT molecular complexity index is 1180. The van der Waals surface area contributed by atoms with Gasteiger partial charge in [-0.15, -0.1) is 0 Å². The number of oxime groups is 1. The molecule has 0 saturated carbocycles. The van der Waals surface area contributed by atoms with Gasteiger partial charge >= 0.3 is 0 Å². The summed E-state index contributed by atoms with van der Waals surface area (Å²) >= 11 is 6.08. The van der Waals surface area contributed by atoms with Crippen LogP contribution >= 0.6 is 11.6 Å². The van der Waals surface area contributed by atoms with Crippen LogP contribution in [-0.4, -0.2) is 50.1 Å². The number of piperidine rings is 1. The lowest BCUT2D eigenvalue weighted by Gasteiger charge is -2.34. The number of likely N-dealkylation sites (tertiary alicyclic amines) is 1. The molecule has 3 aromatic carbocycles. The molecule has 1 heterocycles. The highest BCUT2D eigenvalue weighted by Gasteiger charge is 2.23. The standard InChI is InChI=1S/C35H45ClN2O3/c1-3-4-5-9-14-34(41-26-28-11-7-6-8-12-28)25-38-22-20-29(21-23-38)27-40-33-15-10-13-31(24-33)35(37-39-2)30-16-18-32(36)19-17-30/h6-8,10-13,15-19,24,29,34H,3-5,9,14,20-23,25-27H2,1-2H3/b37-35+/t34-/m1/s1. The molecule has 0 spiro atoms. The summed E-state index contributed by atoms with van der Waals surface area (Å²) < 4.78 is 12.7. The molecule has 0 aromatic heterocycles. The van der Waals surface area contributed by atoms with E-state index in [4.69, 9.17) is 25.9 Å². The molecular weight excluding hydrogens is 532 g/mol. The third-order valence-corrected chi connectivity index (χ3v) is 8.02. The van der Waals surface area contributed by atoms with Crippen LogP contribution in [0.4, 0.5) is 0 Å². The number of benzene rings is 3. The van der Waals surface area contributed by atoms with E-state index in [2.05, 4.69) is 47.3 Å². The number of rotatable bonds is 16. The SMILES string of the molecule is CCCCCC[C@H](CN1CCC(COc2cccc(/C(=N/OC)c3ccc(Cl)cc3)c2)CC1)OCc1ccccc1. The summed E-state index contributed by atoms with van der Waals surface area (Å²) in [5.41, 5.74) is 3.89. The third kappa shape index (κ3) is 10.5. The average molecular weight is 577 g/mol. The number of nitrogens with zero attached hydrogens (tertiary/aromatic N) is 2. The third-order valence-electron chi connectivity index (χ3n) is 7.77. The van der Waals surface area contributed by atoms with Crippen LogP contribution in [0.3, 0.4) is 0 Å². The molecule has 0 amide bonds. The molecular formula is C35H45ClN2O3. The molecule has 6 heteroatoms. The molecule has 1 fully saturated rings. The number of ether oxygens (including phenoxy) is 2. The van der Waals surface area contributed by atoms with Crippen molar-refractivity contribution in [3.05, 3.63) is 101 Å². The topological polar surface area (TPSA) is 43.3 Å². The summed E-state index contributed by atoms with van der Waals surface area (Å²) in [6.45, 7) is 6.88. The molecule has 220 valence electrons. The lowest BCUT2D eigenvalue weighted by molar-refractivity contribution is 0.000484. The maximum Gasteiger partial charge on any atom is 0.119 e. The normalized spacial score (nSPS) is 15.5. The zero-order valence-corrected chi connectivity index (χ0v) is 25.4. The van der Waals surface area contributed by atoms with Crippen LogP contribution in [0.2, 0.25) is 5.02 Å². The predicted octanol–water partition coefficient (Wildman–Crippen LogP) is 8.39. The maximum absolute atomic E-state index is 6.44. The van der Waals surface area contributed by atoms with Gasteiger partial charge in [-0.1, -0.05) is 104 Å². The van der Waals surface area contributed by atoms with Gasteiger partial charge in [0.25, 0.3) is 0 Å². The fraction of sp³-hybridized carbons (Fsp3) is 0.457. The molecule has 3 aromatic rings. The van der Waals surface area contributed by atoms with Crippen LogP contribution in [0.25, 0.3) is 0 Å². The largest absolute Gasteiger partial charge is 0.493 e. The molecule has 1 saturated heterocycles. The predicted molar refractivity (Wildman–Crippen MR) is 169 cm³/mol. The van der Waals surface area contributed by atoms with Crippen molar-refractivity contribution in [3.63, 3.8) is 0 Å². The Hall–Kier alpha value is -2.86. The molecule has 1 aliphatic heterocycles. The minimum Gasteiger partial charge on any atom is -0.493 e. The summed E-state index contributed by atoms with van der Waals surface area (Å²) in [4.78, 5) is 7.74. The first-order valence-electron chi connectivity index (χ1n) is 15.1. The summed E-state index contributed by atoms with van der Waals surface area (Å²) in [6, 6.07) is 26.2. The Morgan fingerprint density at radius 2 is 1.71 bits per heavy atom. The Kier molecular flexibility index (Phi) is 13.0. The first-order valence-corrected chi connectivity index (χ1v) is 15.5. The maximum atomic E-state index is 6.44. The van der Waals surface area contributed by atoms with Gasteiger partial charge in [0.2, 0.25) is 0 Å². The molecule has 1 aliphatic rings. The molecule has 5 nitrogen and oxygen atoms in total. The molecule has 0 unspecified atom stereocenters. The van der Waals surface area contributed by atoms with E-state index in [1.807, 2.05) is 48.5 Å². The smallest absolute Gasteiger partial charge is 0.119 e. The van der Waals surface area contributed by atoms with Crippen molar-refractivity contribution >= 4 is 17.3 Å². The van der Waals surface area contributed by atoms with Crippen LogP contribution < -0.4 is 4.74 Å². The molecule has 0 N–H and O–H groups in total. The van der Waals surface area contributed by atoms with Gasteiger partial charge in [0.05, 0.1) is 19.3 Å². The average Bonchev–Trinajstić information content (AvgIpc) is 3.01. The van der Waals surface area contributed by atoms with Gasteiger partial charge in [-0.3, -0.25) is 0 Å². The summed E-state index contributed by atoms with van der Waals surface area (Å²) in [5, 5.41) is 4.97. The van der Waals surface area contributed by atoms with Gasteiger partial charge in [-0.05, 0) is 68.1 Å². The summed E-state index contributed by atoms with van der Waals surface area (Å²) in [7, 11) is 1.56. The van der Waals surface area contributed by atoms with E-state index in [1.165, 1.54) is 31.2 Å². The highest BCUT2D eigenvalue weighted by molar-refractivity contribution is 6.30. The van der Waals surface area contributed by atoms with Crippen molar-refractivity contribution in [3.8, 4) is 5.75 Å². The molecule has 4 rings (SSSR count). The van der Waals surface area contributed by atoms with Crippen LogP contribution in [0.5, 0.6) is 5.75 Å². The van der Waals surface area contributed by atoms with E-state index < -0.39 is 0 Å². The van der Waals surface area contributed by atoms with Crippen molar-refractivity contribution in [2.24, 2.45) is 11.1 Å². The second kappa shape index (κ2) is 17.2. The van der Waals surface area contributed by atoms with Gasteiger partial charge in [0, 0.05) is 22.7 Å². The van der Waals surface area contributed by atoms with Crippen molar-refractivity contribution in [2.45, 2.75) is 64.6 Å². The Labute approximate surface area is 251 Å². The fourth-order valence-electron chi connectivity index (χ4n) is 5.36. The number of halogens is 1. The van der Waals surface area contributed by atoms with Crippen LogP contribution in [0.15, 0.2) is 84.0 Å². The van der Waals surface area contributed by atoms with Crippen LogP contribution in [0.1, 0.15) is 68.6 Å². The van der Waals surface area contributed by atoms with Gasteiger partial charge < -0.3 is 19.2 Å². The lowest BCUT2D eigenvalue weighted by Crippen LogP contribution is -2.40. The molecule has 0 bridgehead atoms. The second-order valence-corrected chi connectivity index (χ2v) is 11.4. The molecule has 0 radical (unpaired) electrons. The highest BCUT2D eigenvalue weighted by atomic mass is 35.5. The van der Waals surface area contributed by atoms with Crippen molar-refractivity contribution in [1.82, 2.24) is 4.90 Å². The van der Waals surface area contributed by atoms with E-state index in [-0.39, 0.29) is 6.10 Å². The van der Waals surface area contributed by atoms with E-state index in [0.717, 1.165) is 68.1 Å². The first kappa shape index (κ1) is 31.1. The minimum atomic E-state index is 0.284. The minimum absolute atomic E-state index is 0.284. The number of hydrogen-bond acceptors (Lipinski definition) is 5. The number of unbranched alkanes of at least 4 members (excludes halogenated alkanes) is 3. The Morgan fingerprint density at radius 3 is 2.44 bits per heavy atom. The van der Waals surface area contributed by atoms with Crippen molar-refractivity contribution < 1.29 is 14.3 Å². The number of hydrogen-bond donors (Lipinski definition) is 0. The van der Waals surface area contributed by atoms with Gasteiger partial charge in [-0.25, -0.2) is 0 Å². The molecule has 0 aliphatic carbocycles.